The highest BCUT2D eigenvalue weighted by Crippen LogP contribution is 2.37. The minimum absolute atomic E-state index is 0.186. The van der Waals surface area contributed by atoms with E-state index in [0.29, 0.717) is 45.3 Å². The molecule has 196 valence electrons. The van der Waals surface area contributed by atoms with Crippen molar-refractivity contribution in [2.24, 2.45) is 0 Å². The van der Waals surface area contributed by atoms with Crippen LogP contribution in [0, 0.1) is 23.2 Å². The average Bonchev–Trinajstić information content (AvgIpc) is 3.67. The van der Waals surface area contributed by atoms with Crippen molar-refractivity contribution in [1.82, 2.24) is 30.9 Å². The van der Waals surface area contributed by atoms with Gasteiger partial charge in [-0.25, -0.2) is 9.97 Å². The molecule has 0 bridgehead atoms. The van der Waals surface area contributed by atoms with E-state index < -0.39 is 17.9 Å². The van der Waals surface area contributed by atoms with Crippen LogP contribution in [0.1, 0.15) is 31.4 Å². The molecule has 39 heavy (non-hydrogen) atoms. The van der Waals surface area contributed by atoms with E-state index >= 15 is 0 Å². The summed E-state index contributed by atoms with van der Waals surface area (Å²) in [5, 5.41) is 18.4. The van der Waals surface area contributed by atoms with Crippen molar-refractivity contribution in [2.75, 3.05) is 10.6 Å². The summed E-state index contributed by atoms with van der Waals surface area (Å²) in [6, 6.07) is 8.02. The van der Waals surface area contributed by atoms with Crippen LogP contribution in [-0.2, 0) is 0 Å². The lowest BCUT2D eigenvalue weighted by Crippen LogP contribution is -2.38. The smallest absolute Gasteiger partial charge is 0.231 e. The molecule has 0 saturated heterocycles. The van der Waals surface area contributed by atoms with Gasteiger partial charge in [-0.3, -0.25) is 9.99 Å². The number of rotatable bonds is 7. The summed E-state index contributed by atoms with van der Waals surface area (Å²) >= 11 is 12.5. The van der Waals surface area contributed by atoms with E-state index in [-0.39, 0.29) is 15.6 Å². The first-order valence-electron chi connectivity index (χ1n) is 12.3. The van der Waals surface area contributed by atoms with Crippen LogP contribution in [0.4, 0.5) is 25.8 Å². The Hall–Kier alpha value is -4.24. The Labute approximate surface area is 232 Å². The summed E-state index contributed by atoms with van der Waals surface area (Å²) < 4.78 is 36.8. The Balaban J connectivity index is 1.45. The maximum atomic E-state index is 13.7. The fraction of sp³-hybridized carbons (Fsp3) is 0.154. The molecule has 1 fully saturated rings. The van der Waals surface area contributed by atoms with Gasteiger partial charge < -0.3 is 16.1 Å². The highest BCUT2D eigenvalue weighted by molar-refractivity contribution is 6.36. The first kappa shape index (κ1) is 23.8. The van der Waals surface area contributed by atoms with Gasteiger partial charge in [0.05, 0.1) is 51.8 Å². The number of halogens is 4. The predicted octanol–water partition coefficient (Wildman–Crippen LogP) is 5.71. The van der Waals surface area contributed by atoms with Gasteiger partial charge in [0.1, 0.15) is 6.07 Å². The second-order valence-electron chi connectivity index (χ2n) is 8.92. The number of nitrogens with zero attached hydrogens (tertiary/aromatic N) is 5. The molecule has 0 spiro atoms. The summed E-state index contributed by atoms with van der Waals surface area (Å²) in [5.74, 6) is -1.50. The van der Waals surface area contributed by atoms with Crippen LogP contribution in [0.25, 0.3) is 10.9 Å². The zero-order chi connectivity index (χ0) is 28.0. The molecular formula is C26H19Cl2F2N9. The fourth-order valence-corrected chi connectivity index (χ4v) is 4.59. The maximum Gasteiger partial charge on any atom is 0.231 e. The van der Waals surface area contributed by atoms with Crippen molar-refractivity contribution < 1.29 is 10.2 Å². The van der Waals surface area contributed by atoms with E-state index in [1.54, 1.807) is 18.3 Å². The van der Waals surface area contributed by atoms with Crippen molar-refractivity contribution in [1.29, 1.82) is 5.26 Å². The zero-order valence-corrected chi connectivity index (χ0v) is 21.4. The lowest BCUT2D eigenvalue weighted by Gasteiger charge is -2.22. The first-order valence-corrected chi connectivity index (χ1v) is 12.5. The third-order valence-electron chi connectivity index (χ3n) is 6.19. The SMILES string of the molecule is [2H][C@](Nc1cc(Cl)c2ncc(C#N)c(Nc3cnc(F)c(Cl)c3)c2c1)(C1=CN(C2CC2)NN1)c1ccc(F)nc1. The van der Waals surface area contributed by atoms with Crippen LogP contribution in [0.5, 0.6) is 0 Å². The molecule has 4 aromatic rings. The Morgan fingerprint density at radius 3 is 2.62 bits per heavy atom. The van der Waals surface area contributed by atoms with Crippen LogP contribution < -0.4 is 21.6 Å². The van der Waals surface area contributed by atoms with Crippen molar-refractivity contribution in [2.45, 2.75) is 24.9 Å². The van der Waals surface area contributed by atoms with Crippen LogP contribution in [0.2, 0.25) is 10.0 Å². The lowest BCUT2D eigenvalue weighted by atomic mass is 10.0. The van der Waals surface area contributed by atoms with E-state index in [4.69, 9.17) is 23.2 Å². The average molecular weight is 567 g/mol. The van der Waals surface area contributed by atoms with Crippen LogP contribution in [0.15, 0.2) is 60.8 Å². The Morgan fingerprint density at radius 1 is 1.08 bits per heavy atom. The number of aromatic nitrogens is 3. The number of hydrazine groups is 2. The fourth-order valence-electron chi connectivity index (χ4n) is 4.15. The molecule has 1 aromatic carbocycles. The van der Waals surface area contributed by atoms with E-state index in [1.165, 1.54) is 36.8 Å². The van der Waals surface area contributed by atoms with E-state index in [1.807, 2.05) is 5.01 Å². The molecule has 1 saturated carbocycles. The van der Waals surface area contributed by atoms with Crippen LogP contribution in [-0.4, -0.2) is 26.0 Å². The first-order chi connectivity index (χ1) is 19.2. The second kappa shape index (κ2) is 10.1. The molecule has 0 unspecified atom stereocenters. The largest absolute Gasteiger partial charge is 0.373 e. The molecule has 4 heterocycles. The molecule has 3 aromatic heterocycles. The summed E-state index contributed by atoms with van der Waals surface area (Å²) in [5.41, 5.74) is 8.54. The van der Waals surface area contributed by atoms with E-state index in [9.17, 15) is 15.4 Å². The molecule has 9 nitrogen and oxygen atoms in total. The highest BCUT2D eigenvalue weighted by Gasteiger charge is 2.32. The molecule has 6 rings (SSSR count). The summed E-state index contributed by atoms with van der Waals surface area (Å²) in [7, 11) is 0. The van der Waals surface area contributed by atoms with E-state index in [2.05, 4.69) is 42.6 Å². The summed E-state index contributed by atoms with van der Waals surface area (Å²) in [4.78, 5) is 11.7. The summed E-state index contributed by atoms with van der Waals surface area (Å²) in [6.07, 6.45) is 7.73. The van der Waals surface area contributed by atoms with Crippen molar-refractivity contribution in [3.63, 3.8) is 0 Å². The number of anilines is 3. The second-order valence-corrected chi connectivity index (χ2v) is 9.74. The number of fused-ring (bicyclic) bond motifs is 1. The van der Waals surface area contributed by atoms with Gasteiger partial charge in [0.15, 0.2) is 0 Å². The molecule has 0 amide bonds. The van der Waals surface area contributed by atoms with Gasteiger partial charge in [-0.2, -0.15) is 14.0 Å². The number of hydrogen-bond donors (Lipinski definition) is 4. The van der Waals surface area contributed by atoms with Crippen LogP contribution in [0.3, 0.4) is 0 Å². The van der Waals surface area contributed by atoms with Crippen molar-refractivity contribution in [3.8, 4) is 6.07 Å². The molecule has 1 aliphatic carbocycles. The molecule has 4 N–H and O–H groups in total. The maximum absolute atomic E-state index is 13.7. The van der Waals surface area contributed by atoms with Gasteiger partial charge in [0.2, 0.25) is 11.9 Å². The van der Waals surface area contributed by atoms with Gasteiger partial charge in [0.25, 0.3) is 0 Å². The molecule has 0 radical (unpaired) electrons. The minimum atomic E-state index is -1.66. The Bertz CT molecular complexity index is 1710. The molecule has 2 aliphatic rings. The Morgan fingerprint density at radius 2 is 1.90 bits per heavy atom. The number of nitrogens with one attached hydrogen (secondary N) is 4. The molecule has 13 heteroatoms. The highest BCUT2D eigenvalue weighted by atomic mass is 35.5. The monoisotopic (exact) mass is 566 g/mol. The third kappa shape index (κ3) is 5.09. The van der Waals surface area contributed by atoms with Crippen molar-refractivity contribution in [3.05, 3.63) is 93.9 Å². The van der Waals surface area contributed by atoms with Gasteiger partial charge in [-0.15, -0.1) is 5.53 Å². The summed E-state index contributed by atoms with van der Waals surface area (Å²) in [6.45, 7) is 0. The Kier molecular flexibility index (Phi) is 6.20. The van der Waals surface area contributed by atoms with E-state index in [0.717, 1.165) is 12.8 Å². The van der Waals surface area contributed by atoms with Gasteiger partial charge in [0, 0.05) is 35.7 Å². The predicted molar refractivity (Wildman–Crippen MR) is 144 cm³/mol. The quantitative estimate of drug-likeness (QED) is 0.209. The normalized spacial score (nSPS) is 16.6. The molecular weight excluding hydrogens is 547 g/mol. The van der Waals surface area contributed by atoms with Gasteiger partial charge >= 0.3 is 0 Å². The lowest BCUT2D eigenvalue weighted by molar-refractivity contribution is 0.260. The van der Waals surface area contributed by atoms with Gasteiger partial charge in [-0.05, 0) is 42.7 Å². The van der Waals surface area contributed by atoms with Gasteiger partial charge in [-0.1, -0.05) is 29.3 Å². The minimum Gasteiger partial charge on any atom is -0.373 e. The van der Waals surface area contributed by atoms with Crippen LogP contribution >= 0.6 is 23.2 Å². The molecule has 1 aliphatic heterocycles. The standard InChI is InChI=1S/C26H19Cl2F2N9/c27-19-6-15(35-24(13-1-4-22(29)32-9-13)21-12-39(38-37-21)17-2-3-17)5-18-23(14(8-31)10-33-25(18)19)36-16-7-20(28)26(30)34-11-16/h1,4-7,9-12,17,24,35,37-38H,2-3H2,(H,33,36)/t24-/m1/s1/i24D. The number of hydrogen-bond acceptors (Lipinski definition) is 9. The zero-order valence-electron chi connectivity index (χ0n) is 20.9. The topological polar surface area (TPSA) is 114 Å². The number of nitriles is 1. The third-order valence-corrected chi connectivity index (χ3v) is 6.75. The number of pyridine rings is 3. The number of benzene rings is 1. The van der Waals surface area contributed by atoms with Crippen molar-refractivity contribution >= 4 is 51.2 Å². The molecule has 1 atom stereocenters.